The molecule has 0 fully saturated rings. The van der Waals surface area contributed by atoms with Crippen LogP contribution in [-0.4, -0.2) is 29.7 Å². The molecule has 0 spiro atoms. The van der Waals surface area contributed by atoms with E-state index < -0.39 is 0 Å². The highest BCUT2D eigenvalue weighted by Crippen LogP contribution is 2.19. The molecule has 2 aromatic carbocycles. The topological polar surface area (TPSA) is 75.3 Å². The molecule has 2 N–H and O–H groups in total. The second-order valence-corrected chi connectivity index (χ2v) is 6.99. The lowest BCUT2D eigenvalue weighted by Gasteiger charge is -2.13. The summed E-state index contributed by atoms with van der Waals surface area (Å²) >= 11 is 6.01. The third-order valence-corrected chi connectivity index (χ3v) is 4.59. The first-order chi connectivity index (χ1) is 13.5. The Kier molecular flexibility index (Phi) is 6.66. The van der Waals surface area contributed by atoms with Gasteiger partial charge in [-0.3, -0.25) is 4.99 Å². The van der Waals surface area contributed by atoms with Crippen LogP contribution in [0.15, 0.2) is 52.0 Å². The summed E-state index contributed by atoms with van der Waals surface area (Å²) in [7, 11) is 1.75. The first-order valence-electron chi connectivity index (χ1n) is 9.14. The van der Waals surface area contributed by atoms with E-state index in [0.717, 1.165) is 11.5 Å². The van der Waals surface area contributed by atoms with E-state index >= 15 is 0 Å². The Hall–Kier alpha value is -2.86. The number of aryl methyl sites for hydroxylation is 2. The van der Waals surface area contributed by atoms with Crippen molar-refractivity contribution >= 4 is 17.6 Å². The summed E-state index contributed by atoms with van der Waals surface area (Å²) in [5.41, 5.74) is 4.61. The lowest BCUT2D eigenvalue weighted by Crippen LogP contribution is -2.38. The van der Waals surface area contributed by atoms with Gasteiger partial charge in [0.2, 0.25) is 11.7 Å². The Labute approximate surface area is 170 Å². The van der Waals surface area contributed by atoms with Gasteiger partial charge in [-0.2, -0.15) is 4.98 Å². The molecule has 1 heterocycles. The molecule has 0 saturated heterocycles. The summed E-state index contributed by atoms with van der Waals surface area (Å²) < 4.78 is 5.33. The SMILES string of the molecule is CN=C(NCCc1nc(-c2cccc(Cl)c2)no1)NCc1ccc(C)cc1C. The van der Waals surface area contributed by atoms with Crippen molar-refractivity contribution < 1.29 is 4.52 Å². The van der Waals surface area contributed by atoms with Gasteiger partial charge >= 0.3 is 0 Å². The molecule has 3 aromatic rings. The molecular weight excluding hydrogens is 374 g/mol. The summed E-state index contributed by atoms with van der Waals surface area (Å²) in [6.07, 6.45) is 0.595. The van der Waals surface area contributed by atoms with Crippen molar-refractivity contribution in [3.05, 3.63) is 70.1 Å². The van der Waals surface area contributed by atoms with Crippen molar-refractivity contribution in [2.45, 2.75) is 26.8 Å². The zero-order valence-corrected chi connectivity index (χ0v) is 17.0. The molecule has 0 radical (unpaired) electrons. The van der Waals surface area contributed by atoms with Crippen LogP contribution in [-0.2, 0) is 13.0 Å². The lowest BCUT2D eigenvalue weighted by molar-refractivity contribution is 0.378. The molecule has 28 heavy (non-hydrogen) atoms. The van der Waals surface area contributed by atoms with Crippen LogP contribution in [0.5, 0.6) is 0 Å². The van der Waals surface area contributed by atoms with Gasteiger partial charge in [0.25, 0.3) is 0 Å². The van der Waals surface area contributed by atoms with Crippen LogP contribution in [0.1, 0.15) is 22.6 Å². The fourth-order valence-electron chi connectivity index (χ4n) is 2.83. The molecule has 6 nitrogen and oxygen atoms in total. The van der Waals surface area contributed by atoms with E-state index in [0.29, 0.717) is 36.2 Å². The third kappa shape index (κ3) is 5.33. The minimum atomic E-state index is 0.537. The van der Waals surface area contributed by atoms with Gasteiger partial charge in [-0.1, -0.05) is 52.7 Å². The highest BCUT2D eigenvalue weighted by atomic mass is 35.5. The molecule has 0 bridgehead atoms. The number of hydrogen-bond donors (Lipinski definition) is 2. The van der Waals surface area contributed by atoms with Crippen LogP contribution >= 0.6 is 11.6 Å². The van der Waals surface area contributed by atoms with Gasteiger partial charge in [0.1, 0.15) is 0 Å². The van der Waals surface area contributed by atoms with Crippen LogP contribution in [0.2, 0.25) is 5.02 Å². The first kappa shape index (κ1) is 19.9. The minimum Gasteiger partial charge on any atom is -0.356 e. The van der Waals surface area contributed by atoms with Crippen LogP contribution < -0.4 is 10.6 Å². The van der Waals surface area contributed by atoms with Gasteiger partial charge in [-0.05, 0) is 37.1 Å². The number of aliphatic imine (C=N–C) groups is 1. The van der Waals surface area contributed by atoms with Crippen LogP contribution in [0.25, 0.3) is 11.4 Å². The average Bonchev–Trinajstić information content (AvgIpc) is 3.14. The Morgan fingerprint density at radius 2 is 2.00 bits per heavy atom. The smallest absolute Gasteiger partial charge is 0.228 e. The number of rotatable bonds is 6. The van der Waals surface area contributed by atoms with Crippen molar-refractivity contribution in [3.8, 4) is 11.4 Å². The normalized spacial score (nSPS) is 11.5. The number of nitrogens with zero attached hydrogens (tertiary/aromatic N) is 3. The monoisotopic (exact) mass is 397 g/mol. The van der Waals surface area contributed by atoms with E-state index in [9.17, 15) is 0 Å². The van der Waals surface area contributed by atoms with Gasteiger partial charge in [-0.25, -0.2) is 0 Å². The highest BCUT2D eigenvalue weighted by molar-refractivity contribution is 6.30. The molecular formula is C21H24ClN5O. The van der Waals surface area contributed by atoms with Crippen molar-refractivity contribution in [2.75, 3.05) is 13.6 Å². The van der Waals surface area contributed by atoms with Crippen molar-refractivity contribution in [3.63, 3.8) is 0 Å². The standard InChI is InChI=1S/C21H24ClN5O/c1-14-7-8-17(15(2)11-14)13-25-21(23-3)24-10-9-19-26-20(27-28-19)16-5-4-6-18(22)12-16/h4-8,11-12H,9-10,13H2,1-3H3,(H2,23,24,25). The predicted octanol–water partition coefficient (Wildman–Crippen LogP) is 3.91. The zero-order chi connectivity index (χ0) is 19.9. The number of halogens is 1. The Morgan fingerprint density at radius 3 is 2.75 bits per heavy atom. The van der Waals surface area contributed by atoms with E-state index in [1.54, 1.807) is 7.05 Å². The average molecular weight is 398 g/mol. The number of hydrogen-bond acceptors (Lipinski definition) is 4. The second kappa shape index (κ2) is 9.37. The summed E-state index contributed by atoms with van der Waals surface area (Å²) in [4.78, 5) is 8.68. The molecule has 0 unspecified atom stereocenters. The van der Waals surface area contributed by atoms with E-state index in [4.69, 9.17) is 16.1 Å². The quantitative estimate of drug-likeness (QED) is 0.487. The fourth-order valence-corrected chi connectivity index (χ4v) is 3.02. The molecule has 1 aromatic heterocycles. The third-order valence-electron chi connectivity index (χ3n) is 4.35. The maximum atomic E-state index is 6.01. The van der Waals surface area contributed by atoms with E-state index in [1.807, 2.05) is 24.3 Å². The molecule has 0 atom stereocenters. The molecule has 146 valence electrons. The fraction of sp³-hybridized carbons (Fsp3) is 0.286. The van der Waals surface area contributed by atoms with Crippen molar-refractivity contribution in [1.29, 1.82) is 0 Å². The van der Waals surface area contributed by atoms with Crippen LogP contribution in [0.4, 0.5) is 0 Å². The largest absolute Gasteiger partial charge is 0.356 e. The lowest BCUT2D eigenvalue weighted by atomic mass is 10.1. The number of benzene rings is 2. The molecule has 0 aliphatic carbocycles. The molecule has 0 aliphatic heterocycles. The summed E-state index contributed by atoms with van der Waals surface area (Å²) in [6.45, 7) is 5.56. The second-order valence-electron chi connectivity index (χ2n) is 6.55. The van der Waals surface area contributed by atoms with Gasteiger partial charge in [-0.15, -0.1) is 0 Å². The summed E-state index contributed by atoms with van der Waals surface area (Å²) in [5.74, 6) is 1.83. The zero-order valence-electron chi connectivity index (χ0n) is 16.3. The maximum Gasteiger partial charge on any atom is 0.228 e. The maximum absolute atomic E-state index is 6.01. The summed E-state index contributed by atoms with van der Waals surface area (Å²) in [6, 6.07) is 13.8. The molecule has 0 saturated carbocycles. The molecule has 3 rings (SSSR count). The Morgan fingerprint density at radius 1 is 1.14 bits per heavy atom. The van der Waals surface area contributed by atoms with Gasteiger partial charge in [0, 0.05) is 37.1 Å². The molecule has 0 amide bonds. The Bertz CT molecular complexity index is 967. The van der Waals surface area contributed by atoms with Crippen molar-refractivity contribution in [1.82, 2.24) is 20.8 Å². The summed E-state index contributed by atoms with van der Waals surface area (Å²) in [5, 5.41) is 11.3. The van der Waals surface area contributed by atoms with Crippen LogP contribution in [0, 0.1) is 13.8 Å². The van der Waals surface area contributed by atoms with Crippen LogP contribution in [0.3, 0.4) is 0 Å². The van der Waals surface area contributed by atoms with Gasteiger partial charge in [0.15, 0.2) is 5.96 Å². The Balaban J connectivity index is 1.49. The number of guanidine groups is 1. The molecule has 0 aliphatic rings. The molecule has 7 heteroatoms. The number of nitrogens with one attached hydrogen (secondary N) is 2. The van der Waals surface area contributed by atoms with E-state index in [1.165, 1.54) is 16.7 Å². The van der Waals surface area contributed by atoms with Gasteiger partial charge in [0.05, 0.1) is 0 Å². The predicted molar refractivity (Wildman–Crippen MR) is 113 cm³/mol. The van der Waals surface area contributed by atoms with Gasteiger partial charge < -0.3 is 15.2 Å². The van der Waals surface area contributed by atoms with Crippen molar-refractivity contribution in [2.24, 2.45) is 4.99 Å². The minimum absolute atomic E-state index is 0.537. The van der Waals surface area contributed by atoms with E-state index in [-0.39, 0.29) is 0 Å². The first-order valence-corrected chi connectivity index (χ1v) is 9.52. The number of aromatic nitrogens is 2. The van der Waals surface area contributed by atoms with E-state index in [2.05, 4.69) is 57.8 Å². The highest BCUT2D eigenvalue weighted by Gasteiger charge is 2.09.